The van der Waals surface area contributed by atoms with Gasteiger partial charge in [-0.1, -0.05) is 0 Å². The predicted octanol–water partition coefficient (Wildman–Crippen LogP) is 0.513. The Morgan fingerprint density at radius 1 is 1.33 bits per heavy atom. The average molecular weight is 212 g/mol. The van der Waals surface area contributed by atoms with E-state index in [4.69, 9.17) is 0 Å². The van der Waals surface area contributed by atoms with Crippen molar-refractivity contribution < 1.29 is 0 Å². The van der Waals surface area contributed by atoms with Crippen LogP contribution in [0.3, 0.4) is 0 Å². The van der Waals surface area contributed by atoms with Crippen LogP contribution in [0, 0.1) is 5.92 Å². The summed E-state index contributed by atoms with van der Waals surface area (Å²) in [4.78, 5) is 6.38. The summed E-state index contributed by atoms with van der Waals surface area (Å²) in [6.07, 6.45) is 3.91. The van der Waals surface area contributed by atoms with Crippen LogP contribution in [0.1, 0.15) is 19.3 Å². The Kier molecular flexibility index (Phi) is 5.47. The summed E-state index contributed by atoms with van der Waals surface area (Å²) in [5.41, 5.74) is 0. The second-order valence-electron chi connectivity index (χ2n) is 4.48. The first-order valence-electron chi connectivity index (χ1n) is 5.81. The van der Waals surface area contributed by atoms with Gasteiger partial charge in [-0.05, 0) is 45.8 Å². The summed E-state index contributed by atoms with van der Waals surface area (Å²) >= 11 is 0. The molecular weight excluding hydrogens is 188 g/mol. The first kappa shape index (κ1) is 12.3. The number of aliphatic imine (C=N–C) groups is 1. The van der Waals surface area contributed by atoms with E-state index >= 15 is 0 Å². The van der Waals surface area contributed by atoms with Crippen molar-refractivity contribution in [3.63, 3.8) is 0 Å². The van der Waals surface area contributed by atoms with Gasteiger partial charge in [-0.25, -0.2) is 0 Å². The van der Waals surface area contributed by atoms with E-state index in [9.17, 15) is 0 Å². The Morgan fingerprint density at radius 2 is 2.07 bits per heavy atom. The third-order valence-corrected chi connectivity index (χ3v) is 2.55. The van der Waals surface area contributed by atoms with Crippen LogP contribution in [0.2, 0.25) is 0 Å². The highest BCUT2D eigenvalue weighted by Gasteiger charge is 2.20. The summed E-state index contributed by atoms with van der Waals surface area (Å²) in [6.45, 7) is 3.18. The summed E-state index contributed by atoms with van der Waals surface area (Å²) in [7, 11) is 6.02. The zero-order valence-electron chi connectivity index (χ0n) is 10.2. The van der Waals surface area contributed by atoms with Crippen molar-refractivity contribution in [1.29, 1.82) is 0 Å². The Hall–Kier alpha value is -0.770. The van der Waals surface area contributed by atoms with E-state index in [0.717, 1.165) is 37.9 Å². The first-order valence-corrected chi connectivity index (χ1v) is 5.81. The zero-order chi connectivity index (χ0) is 11.1. The molecule has 4 nitrogen and oxygen atoms in total. The monoisotopic (exact) mass is 212 g/mol. The Labute approximate surface area is 93.1 Å². The lowest BCUT2D eigenvalue weighted by molar-refractivity contribution is 0.399. The summed E-state index contributed by atoms with van der Waals surface area (Å²) in [5, 5.41) is 6.66. The van der Waals surface area contributed by atoms with E-state index < -0.39 is 0 Å². The first-order chi connectivity index (χ1) is 7.22. The molecule has 1 fully saturated rings. The minimum absolute atomic E-state index is 0.894. The normalized spacial score (nSPS) is 16.9. The molecule has 1 rings (SSSR count). The van der Waals surface area contributed by atoms with Crippen molar-refractivity contribution in [3.05, 3.63) is 0 Å². The fourth-order valence-corrected chi connectivity index (χ4v) is 1.39. The van der Waals surface area contributed by atoms with Crippen molar-refractivity contribution >= 4 is 5.96 Å². The number of nitrogens with one attached hydrogen (secondary N) is 2. The summed E-state index contributed by atoms with van der Waals surface area (Å²) in [5.74, 6) is 1.84. The van der Waals surface area contributed by atoms with Crippen molar-refractivity contribution in [2.45, 2.75) is 19.3 Å². The molecule has 88 valence electrons. The molecule has 0 heterocycles. The van der Waals surface area contributed by atoms with Crippen LogP contribution in [-0.4, -0.2) is 51.6 Å². The standard InChI is InChI=1S/C11H24N4/c1-12-11(14-9-10-5-6-10)13-7-4-8-15(2)3/h10H,4-9H2,1-3H3,(H2,12,13,14). The summed E-state index contributed by atoms with van der Waals surface area (Å²) < 4.78 is 0. The molecule has 0 bridgehead atoms. The van der Waals surface area contributed by atoms with Crippen molar-refractivity contribution in [1.82, 2.24) is 15.5 Å². The molecule has 0 saturated heterocycles. The van der Waals surface area contributed by atoms with Crippen molar-refractivity contribution in [2.24, 2.45) is 10.9 Å². The molecule has 0 aromatic carbocycles. The van der Waals surface area contributed by atoms with Crippen LogP contribution in [0.5, 0.6) is 0 Å². The van der Waals surface area contributed by atoms with Gasteiger partial charge in [0.05, 0.1) is 0 Å². The Balaban J connectivity index is 2.00. The molecule has 1 aliphatic carbocycles. The van der Waals surface area contributed by atoms with Crippen LogP contribution in [-0.2, 0) is 0 Å². The molecule has 0 amide bonds. The van der Waals surface area contributed by atoms with Gasteiger partial charge in [-0.15, -0.1) is 0 Å². The number of hydrogen-bond acceptors (Lipinski definition) is 2. The fourth-order valence-electron chi connectivity index (χ4n) is 1.39. The van der Waals surface area contributed by atoms with Gasteiger partial charge in [-0.2, -0.15) is 0 Å². The van der Waals surface area contributed by atoms with Crippen LogP contribution in [0.4, 0.5) is 0 Å². The number of nitrogens with zero attached hydrogens (tertiary/aromatic N) is 2. The van der Waals surface area contributed by atoms with Gasteiger partial charge < -0.3 is 15.5 Å². The molecule has 15 heavy (non-hydrogen) atoms. The Bertz CT molecular complexity index is 197. The van der Waals surface area contributed by atoms with E-state index in [-0.39, 0.29) is 0 Å². The molecule has 0 aliphatic heterocycles. The van der Waals surface area contributed by atoms with E-state index in [1.54, 1.807) is 0 Å². The quantitative estimate of drug-likeness (QED) is 0.383. The lowest BCUT2D eigenvalue weighted by atomic mass is 10.4. The second kappa shape index (κ2) is 6.67. The molecule has 0 aromatic rings. The van der Waals surface area contributed by atoms with E-state index in [2.05, 4.69) is 34.6 Å². The summed E-state index contributed by atoms with van der Waals surface area (Å²) in [6, 6.07) is 0. The van der Waals surface area contributed by atoms with E-state index in [0.29, 0.717) is 0 Å². The fraction of sp³-hybridized carbons (Fsp3) is 0.909. The predicted molar refractivity (Wildman–Crippen MR) is 65.3 cm³/mol. The van der Waals surface area contributed by atoms with E-state index in [1.165, 1.54) is 12.8 Å². The molecule has 4 heteroatoms. The van der Waals surface area contributed by atoms with Crippen LogP contribution in [0.15, 0.2) is 4.99 Å². The molecular formula is C11H24N4. The lowest BCUT2D eigenvalue weighted by Crippen LogP contribution is -2.39. The van der Waals surface area contributed by atoms with Gasteiger partial charge in [0.2, 0.25) is 0 Å². The van der Waals surface area contributed by atoms with E-state index in [1.807, 2.05) is 7.05 Å². The van der Waals surface area contributed by atoms with Gasteiger partial charge in [0.15, 0.2) is 5.96 Å². The van der Waals surface area contributed by atoms with Crippen LogP contribution < -0.4 is 10.6 Å². The highest BCUT2D eigenvalue weighted by molar-refractivity contribution is 5.79. The number of hydrogen-bond donors (Lipinski definition) is 2. The van der Waals surface area contributed by atoms with Crippen LogP contribution in [0.25, 0.3) is 0 Å². The highest BCUT2D eigenvalue weighted by atomic mass is 15.2. The smallest absolute Gasteiger partial charge is 0.190 e. The number of guanidine groups is 1. The van der Waals surface area contributed by atoms with Gasteiger partial charge in [0.1, 0.15) is 0 Å². The minimum atomic E-state index is 0.894. The third-order valence-electron chi connectivity index (χ3n) is 2.55. The molecule has 0 unspecified atom stereocenters. The number of rotatable bonds is 6. The molecule has 2 N–H and O–H groups in total. The SMILES string of the molecule is CN=C(NCCCN(C)C)NCC1CC1. The maximum absolute atomic E-state index is 4.19. The zero-order valence-corrected chi connectivity index (χ0v) is 10.2. The lowest BCUT2D eigenvalue weighted by Gasteiger charge is -2.13. The average Bonchev–Trinajstić information content (AvgIpc) is 3.00. The van der Waals surface area contributed by atoms with Crippen molar-refractivity contribution in [3.8, 4) is 0 Å². The molecule has 0 aromatic heterocycles. The largest absolute Gasteiger partial charge is 0.356 e. The molecule has 0 radical (unpaired) electrons. The molecule has 1 aliphatic rings. The molecule has 0 spiro atoms. The molecule has 0 atom stereocenters. The molecule has 1 saturated carbocycles. The van der Waals surface area contributed by atoms with Crippen LogP contribution >= 0.6 is 0 Å². The van der Waals surface area contributed by atoms with Gasteiger partial charge >= 0.3 is 0 Å². The van der Waals surface area contributed by atoms with Crippen molar-refractivity contribution in [2.75, 3.05) is 40.8 Å². The highest BCUT2D eigenvalue weighted by Crippen LogP contribution is 2.27. The minimum Gasteiger partial charge on any atom is -0.356 e. The van der Waals surface area contributed by atoms with Gasteiger partial charge in [0.25, 0.3) is 0 Å². The van der Waals surface area contributed by atoms with Gasteiger partial charge in [-0.3, -0.25) is 4.99 Å². The maximum Gasteiger partial charge on any atom is 0.190 e. The maximum atomic E-state index is 4.19. The topological polar surface area (TPSA) is 39.7 Å². The van der Waals surface area contributed by atoms with Gasteiger partial charge in [0, 0.05) is 20.1 Å². The second-order valence-corrected chi connectivity index (χ2v) is 4.48. The Morgan fingerprint density at radius 3 is 2.60 bits per heavy atom. The third kappa shape index (κ3) is 6.33.